The highest BCUT2D eigenvalue weighted by Gasteiger charge is 2.28. The van der Waals surface area contributed by atoms with Crippen LogP contribution in [0.5, 0.6) is 0 Å². The van der Waals surface area contributed by atoms with E-state index in [0.717, 1.165) is 24.6 Å². The number of rotatable bonds is 3. The second-order valence-corrected chi connectivity index (χ2v) is 6.62. The van der Waals surface area contributed by atoms with Gasteiger partial charge in [0.05, 0.1) is 16.5 Å². The van der Waals surface area contributed by atoms with Gasteiger partial charge in [0.25, 0.3) is 0 Å². The topological polar surface area (TPSA) is 101 Å². The first-order valence-corrected chi connectivity index (χ1v) is 8.09. The van der Waals surface area contributed by atoms with Gasteiger partial charge in [-0.25, -0.2) is 27.2 Å². The van der Waals surface area contributed by atoms with Gasteiger partial charge in [0.15, 0.2) is 0 Å². The normalized spacial score (nSPS) is 17.7. The molecule has 2 aromatic rings. The first-order chi connectivity index (χ1) is 10.5. The minimum atomic E-state index is -3.88. The number of benzene rings is 1. The van der Waals surface area contributed by atoms with Crippen molar-refractivity contribution in [3.63, 3.8) is 0 Å². The SMILES string of the molecule is N#Cc1cc(S(=O)(=O)N[C@H]2CCCn3ncnc32)ccc1F. The summed E-state index contributed by atoms with van der Waals surface area (Å²) in [5.41, 5.74) is -0.310. The van der Waals surface area contributed by atoms with E-state index in [4.69, 9.17) is 5.26 Å². The van der Waals surface area contributed by atoms with Crippen molar-refractivity contribution in [1.29, 1.82) is 5.26 Å². The average molecular weight is 321 g/mol. The van der Waals surface area contributed by atoms with Gasteiger partial charge < -0.3 is 0 Å². The van der Waals surface area contributed by atoms with E-state index in [2.05, 4.69) is 14.8 Å². The summed E-state index contributed by atoms with van der Waals surface area (Å²) in [5, 5.41) is 12.8. The number of halogens is 1. The van der Waals surface area contributed by atoms with Gasteiger partial charge in [-0.1, -0.05) is 0 Å². The smallest absolute Gasteiger partial charge is 0.241 e. The van der Waals surface area contributed by atoms with E-state index in [0.29, 0.717) is 18.8 Å². The highest BCUT2D eigenvalue weighted by molar-refractivity contribution is 7.89. The summed E-state index contributed by atoms with van der Waals surface area (Å²) in [5.74, 6) is -0.198. The molecular formula is C13H12FN5O2S. The molecule has 0 bridgehead atoms. The van der Waals surface area contributed by atoms with Crippen LogP contribution in [0.4, 0.5) is 4.39 Å². The number of sulfonamides is 1. The summed E-state index contributed by atoms with van der Waals surface area (Å²) in [7, 11) is -3.88. The molecule has 0 radical (unpaired) electrons. The van der Waals surface area contributed by atoms with Crippen molar-refractivity contribution in [2.45, 2.75) is 30.3 Å². The molecule has 0 spiro atoms. The van der Waals surface area contributed by atoms with Gasteiger partial charge in [-0.05, 0) is 31.0 Å². The van der Waals surface area contributed by atoms with E-state index in [1.54, 1.807) is 10.8 Å². The molecule has 1 aromatic carbocycles. The summed E-state index contributed by atoms with van der Waals surface area (Å²) in [6.45, 7) is 0.697. The molecule has 1 atom stereocenters. The van der Waals surface area contributed by atoms with Gasteiger partial charge >= 0.3 is 0 Å². The van der Waals surface area contributed by atoms with Crippen LogP contribution in [0.15, 0.2) is 29.4 Å². The van der Waals surface area contributed by atoms with Crippen LogP contribution in [0.2, 0.25) is 0 Å². The van der Waals surface area contributed by atoms with E-state index in [1.165, 1.54) is 6.33 Å². The van der Waals surface area contributed by atoms with Gasteiger partial charge in [0.2, 0.25) is 10.0 Å². The Hall–Kier alpha value is -2.31. The lowest BCUT2D eigenvalue weighted by Gasteiger charge is -2.23. The summed E-state index contributed by atoms with van der Waals surface area (Å²) in [6.07, 6.45) is 2.76. The van der Waals surface area contributed by atoms with Crippen LogP contribution in [0.1, 0.15) is 30.3 Å². The molecule has 0 aliphatic carbocycles. The second-order valence-electron chi connectivity index (χ2n) is 4.91. The third kappa shape index (κ3) is 2.58. The number of hydrogen-bond acceptors (Lipinski definition) is 5. The maximum Gasteiger partial charge on any atom is 0.241 e. The standard InChI is InChI=1S/C13H12FN5O2S/c14-11-4-3-10(6-9(11)7-15)22(20,21)18-12-2-1-5-19-13(12)16-8-17-19/h3-4,6,8,12,18H,1-2,5H2/t12-/m0/s1. The van der Waals surface area contributed by atoms with E-state index in [9.17, 15) is 12.8 Å². The molecule has 0 saturated heterocycles. The second kappa shape index (κ2) is 5.47. The van der Waals surface area contributed by atoms with Crippen molar-refractivity contribution in [1.82, 2.24) is 19.5 Å². The lowest BCUT2D eigenvalue weighted by atomic mass is 10.1. The highest BCUT2D eigenvalue weighted by atomic mass is 32.2. The molecule has 0 unspecified atom stereocenters. The summed E-state index contributed by atoms with van der Waals surface area (Å²) in [6, 6.07) is 4.26. The molecule has 1 aliphatic heterocycles. The number of nitrogens with one attached hydrogen (secondary N) is 1. The minimum Gasteiger partial charge on any atom is -0.248 e. The van der Waals surface area contributed by atoms with Crippen molar-refractivity contribution in [3.05, 3.63) is 41.7 Å². The van der Waals surface area contributed by atoms with Crippen LogP contribution in [0.25, 0.3) is 0 Å². The van der Waals surface area contributed by atoms with E-state index >= 15 is 0 Å². The molecule has 7 nitrogen and oxygen atoms in total. The van der Waals surface area contributed by atoms with Gasteiger partial charge in [0.1, 0.15) is 24.0 Å². The van der Waals surface area contributed by atoms with Gasteiger partial charge in [-0.15, -0.1) is 0 Å². The quantitative estimate of drug-likeness (QED) is 0.912. The van der Waals surface area contributed by atoms with Gasteiger partial charge in [-0.3, -0.25) is 0 Å². The summed E-state index contributed by atoms with van der Waals surface area (Å²) < 4.78 is 42.3. The van der Waals surface area contributed by atoms with E-state index in [-0.39, 0.29) is 10.5 Å². The maximum atomic E-state index is 13.3. The molecule has 2 heterocycles. The third-order valence-corrected chi connectivity index (χ3v) is 4.96. The van der Waals surface area contributed by atoms with Crippen molar-refractivity contribution in [2.75, 3.05) is 0 Å². The molecule has 1 aliphatic rings. The van der Waals surface area contributed by atoms with Gasteiger partial charge in [-0.2, -0.15) is 10.4 Å². The molecule has 114 valence electrons. The Morgan fingerprint density at radius 3 is 3.05 bits per heavy atom. The number of aryl methyl sites for hydroxylation is 1. The van der Waals surface area contributed by atoms with Crippen molar-refractivity contribution in [3.8, 4) is 6.07 Å². The fraction of sp³-hybridized carbons (Fsp3) is 0.308. The Labute approximate surface area is 126 Å². The van der Waals surface area contributed by atoms with Gasteiger partial charge in [0, 0.05) is 6.54 Å². The lowest BCUT2D eigenvalue weighted by Crippen LogP contribution is -2.33. The van der Waals surface area contributed by atoms with Crippen LogP contribution in [-0.4, -0.2) is 23.2 Å². The fourth-order valence-corrected chi connectivity index (χ4v) is 3.67. The molecule has 1 aromatic heterocycles. The Morgan fingerprint density at radius 1 is 1.45 bits per heavy atom. The first kappa shape index (κ1) is 14.6. The Balaban J connectivity index is 1.91. The molecule has 3 rings (SSSR count). The molecule has 22 heavy (non-hydrogen) atoms. The number of fused-ring (bicyclic) bond motifs is 1. The Morgan fingerprint density at radius 2 is 2.27 bits per heavy atom. The van der Waals surface area contributed by atoms with Crippen molar-refractivity contribution in [2.24, 2.45) is 0 Å². The van der Waals surface area contributed by atoms with Crippen LogP contribution in [0.3, 0.4) is 0 Å². The predicted molar refractivity (Wildman–Crippen MR) is 73.4 cm³/mol. The van der Waals surface area contributed by atoms with Crippen molar-refractivity contribution < 1.29 is 12.8 Å². The first-order valence-electron chi connectivity index (χ1n) is 6.61. The van der Waals surface area contributed by atoms with Crippen LogP contribution in [-0.2, 0) is 16.6 Å². The van der Waals surface area contributed by atoms with E-state index in [1.807, 2.05) is 0 Å². The van der Waals surface area contributed by atoms with Crippen molar-refractivity contribution >= 4 is 10.0 Å². The molecule has 0 fully saturated rings. The molecule has 0 amide bonds. The fourth-order valence-electron chi connectivity index (χ4n) is 2.41. The monoisotopic (exact) mass is 321 g/mol. The Bertz CT molecular complexity index is 856. The zero-order chi connectivity index (χ0) is 15.7. The zero-order valence-electron chi connectivity index (χ0n) is 11.4. The molecule has 1 N–H and O–H groups in total. The number of nitriles is 1. The summed E-state index contributed by atoms with van der Waals surface area (Å²) in [4.78, 5) is 3.93. The Kier molecular flexibility index (Phi) is 3.64. The molecular weight excluding hydrogens is 309 g/mol. The summed E-state index contributed by atoms with van der Waals surface area (Å²) >= 11 is 0. The molecule has 9 heteroatoms. The van der Waals surface area contributed by atoms with Crippen LogP contribution >= 0.6 is 0 Å². The largest absolute Gasteiger partial charge is 0.248 e. The minimum absolute atomic E-state index is 0.151. The predicted octanol–water partition coefficient (Wildman–Crippen LogP) is 1.10. The number of aromatic nitrogens is 3. The highest BCUT2D eigenvalue weighted by Crippen LogP contribution is 2.25. The van der Waals surface area contributed by atoms with Crippen LogP contribution in [0, 0.1) is 17.1 Å². The maximum absolute atomic E-state index is 13.3. The number of nitrogens with zero attached hydrogens (tertiary/aromatic N) is 4. The lowest BCUT2D eigenvalue weighted by molar-refractivity contribution is 0.400. The molecule has 0 saturated carbocycles. The third-order valence-electron chi connectivity index (χ3n) is 3.49. The van der Waals surface area contributed by atoms with E-state index < -0.39 is 21.9 Å². The van der Waals surface area contributed by atoms with Crippen LogP contribution < -0.4 is 4.72 Å². The zero-order valence-corrected chi connectivity index (χ0v) is 12.2. The average Bonchev–Trinajstić information content (AvgIpc) is 2.97. The number of hydrogen-bond donors (Lipinski definition) is 1.